The molecule has 1 fully saturated rings. The van der Waals surface area contributed by atoms with Crippen molar-refractivity contribution in [1.82, 2.24) is 0 Å². The number of hydrogen-bond acceptors (Lipinski definition) is 0. The summed E-state index contributed by atoms with van der Waals surface area (Å²) in [7, 11) is 0. The lowest BCUT2D eigenvalue weighted by Crippen LogP contribution is -2.17. The molecule has 0 spiro atoms. The Kier molecular flexibility index (Phi) is 2.38. The molecule has 0 heterocycles. The molecule has 2 rings (SSSR count). The van der Waals surface area contributed by atoms with Crippen LogP contribution in [0.1, 0.15) is 57.1 Å². The van der Waals surface area contributed by atoms with Crippen molar-refractivity contribution in [3.05, 3.63) is 35.4 Å². The van der Waals surface area contributed by atoms with Gasteiger partial charge in [0.2, 0.25) is 0 Å². The van der Waals surface area contributed by atoms with Crippen LogP contribution in [0.4, 0.5) is 0 Å². The zero-order chi connectivity index (χ0) is 10.2. The molecule has 0 radical (unpaired) electrons. The number of rotatable bonds is 3. The van der Waals surface area contributed by atoms with Crippen LogP contribution >= 0.6 is 0 Å². The second kappa shape index (κ2) is 3.42. The third-order valence-corrected chi connectivity index (χ3v) is 3.59. The van der Waals surface area contributed by atoms with E-state index in [1.807, 2.05) is 0 Å². The summed E-state index contributed by atoms with van der Waals surface area (Å²) in [6.45, 7) is 6.99. The third kappa shape index (κ3) is 1.70. The Bertz CT molecular complexity index is 319. The van der Waals surface area contributed by atoms with Crippen LogP contribution in [-0.4, -0.2) is 0 Å². The minimum atomic E-state index is 0.346. The summed E-state index contributed by atoms with van der Waals surface area (Å²) in [6.07, 6.45) is 4.02. The normalized spacial score (nSPS) is 17.1. The molecule has 0 nitrogen and oxygen atoms in total. The Morgan fingerprint density at radius 3 is 2.43 bits per heavy atom. The molecule has 1 aromatic rings. The van der Waals surface area contributed by atoms with Crippen LogP contribution in [-0.2, 0) is 5.41 Å². The van der Waals surface area contributed by atoms with Crippen LogP contribution in [0, 0.1) is 0 Å². The van der Waals surface area contributed by atoms with E-state index in [0.29, 0.717) is 5.41 Å². The zero-order valence-electron chi connectivity index (χ0n) is 9.51. The molecule has 1 aliphatic carbocycles. The van der Waals surface area contributed by atoms with Crippen molar-refractivity contribution in [3.63, 3.8) is 0 Å². The highest BCUT2D eigenvalue weighted by molar-refractivity contribution is 5.37. The third-order valence-electron chi connectivity index (χ3n) is 3.59. The van der Waals surface area contributed by atoms with Crippen molar-refractivity contribution in [3.8, 4) is 0 Å². The van der Waals surface area contributed by atoms with Gasteiger partial charge < -0.3 is 0 Å². The topological polar surface area (TPSA) is 0 Å². The first-order valence-electron chi connectivity index (χ1n) is 5.74. The van der Waals surface area contributed by atoms with Crippen LogP contribution < -0.4 is 0 Å². The molecular formula is C14H20. The molecule has 76 valence electrons. The van der Waals surface area contributed by atoms with Crippen molar-refractivity contribution in [2.75, 3.05) is 0 Å². The van der Waals surface area contributed by atoms with Crippen molar-refractivity contribution in [2.24, 2.45) is 0 Å². The maximum atomic E-state index is 2.36. The minimum absolute atomic E-state index is 0.346. The maximum Gasteiger partial charge on any atom is -0.0103 e. The molecule has 14 heavy (non-hydrogen) atoms. The molecule has 0 unspecified atom stereocenters. The molecular weight excluding hydrogens is 168 g/mol. The Morgan fingerprint density at radius 2 is 1.86 bits per heavy atom. The van der Waals surface area contributed by atoms with Gasteiger partial charge in [0.05, 0.1) is 0 Å². The van der Waals surface area contributed by atoms with Crippen molar-refractivity contribution in [1.29, 1.82) is 0 Å². The Balaban J connectivity index is 2.40. The number of benzene rings is 1. The van der Waals surface area contributed by atoms with E-state index >= 15 is 0 Å². The van der Waals surface area contributed by atoms with Gasteiger partial charge in [0.25, 0.3) is 0 Å². The van der Waals surface area contributed by atoms with Gasteiger partial charge in [0, 0.05) is 0 Å². The maximum absolute atomic E-state index is 2.36. The summed E-state index contributed by atoms with van der Waals surface area (Å²) < 4.78 is 0. The van der Waals surface area contributed by atoms with Gasteiger partial charge in [-0.05, 0) is 41.7 Å². The molecule has 1 aromatic carbocycles. The van der Waals surface area contributed by atoms with Crippen molar-refractivity contribution >= 4 is 0 Å². The van der Waals surface area contributed by atoms with Crippen LogP contribution in [0.15, 0.2) is 24.3 Å². The summed E-state index contributed by atoms with van der Waals surface area (Å²) in [4.78, 5) is 0. The highest BCUT2D eigenvalue weighted by Crippen LogP contribution is 2.44. The molecule has 0 amide bonds. The van der Waals surface area contributed by atoms with E-state index in [1.165, 1.54) is 19.3 Å². The smallest absolute Gasteiger partial charge is 0.0103 e. The van der Waals surface area contributed by atoms with E-state index in [9.17, 15) is 0 Å². The second-order valence-corrected chi connectivity index (χ2v) is 5.10. The van der Waals surface area contributed by atoms with E-state index in [4.69, 9.17) is 0 Å². The van der Waals surface area contributed by atoms with Gasteiger partial charge in [-0.25, -0.2) is 0 Å². The van der Waals surface area contributed by atoms with Gasteiger partial charge in [0.15, 0.2) is 0 Å². The molecule has 0 saturated heterocycles. The first-order chi connectivity index (χ1) is 6.65. The van der Waals surface area contributed by atoms with Crippen molar-refractivity contribution in [2.45, 2.75) is 51.4 Å². The zero-order valence-corrected chi connectivity index (χ0v) is 9.51. The fraction of sp³-hybridized carbons (Fsp3) is 0.571. The summed E-state index contributed by atoms with van der Waals surface area (Å²) in [5.41, 5.74) is 3.53. The van der Waals surface area contributed by atoms with E-state index in [-0.39, 0.29) is 0 Å². The van der Waals surface area contributed by atoms with Crippen molar-refractivity contribution < 1.29 is 0 Å². The molecule has 1 aliphatic rings. The lowest BCUT2D eigenvalue weighted by molar-refractivity contribution is 0.501. The quantitative estimate of drug-likeness (QED) is 0.665. The van der Waals surface area contributed by atoms with Gasteiger partial charge in [-0.2, -0.15) is 0 Å². The molecule has 0 bridgehead atoms. The van der Waals surface area contributed by atoms with Gasteiger partial charge in [-0.15, -0.1) is 0 Å². The predicted molar refractivity (Wildman–Crippen MR) is 61.7 cm³/mol. The predicted octanol–water partition coefficient (Wildman–Crippen LogP) is 4.25. The molecule has 0 heteroatoms. The summed E-state index contributed by atoms with van der Waals surface area (Å²) >= 11 is 0. The molecule has 0 aromatic heterocycles. The Hall–Kier alpha value is -0.780. The SMILES string of the molecule is CCC(C)(C)c1ccccc1C1CC1. The fourth-order valence-corrected chi connectivity index (χ4v) is 2.05. The van der Waals surface area contributed by atoms with Crippen LogP contribution in [0.2, 0.25) is 0 Å². The van der Waals surface area contributed by atoms with Gasteiger partial charge in [0.1, 0.15) is 0 Å². The van der Waals surface area contributed by atoms with E-state index < -0.39 is 0 Å². The van der Waals surface area contributed by atoms with Crippen LogP contribution in [0.3, 0.4) is 0 Å². The summed E-state index contributed by atoms with van der Waals surface area (Å²) in [6, 6.07) is 9.00. The monoisotopic (exact) mass is 188 g/mol. The highest BCUT2D eigenvalue weighted by atomic mass is 14.3. The Morgan fingerprint density at radius 1 is 1.21 bits per heavy atom. The van der Waals surface area contributed by atoms with E-state index in [2.05, 4.69) is 45.0 Å². The van der Waals surface area contributed by atoms with E-state index in [0.717, 1.165) is 5.92 Å². The molecule has 0 atom stereocenters. The summed E-state index contributed by atoms with van der Waals surface area (Å²) in [5.74, 6) is 0.872. The van der Waals surface area contributed by atoms with Gasteiger partial charge in [-0.3, -0.25) is 0 Å². The van der Waals surface area contributed by atoms with Crippen LogP contribution in [0.5, 0.6) is 0 Å². The molecule has 1 saturated carbocycles. The van der Waals surface area contributed by atoms with Gasteiger partial charge >= 0.3 is 0 Å². The second-order valence-electron chi connectivity index (χ2n) is 5.10. The molecule has 0 aliphatic heterocycles. The largest absolute Gasteiger partial charge is 0.0646 e. The average molecular weight is 188 g/mol. The lowest BCUT2D eigenvalue weighted by atomic mass is 9.79. The molecule has 0 N–H and O–H groups in total. The highest BCUT2D eigenvalue weighted by Gasteiger charge is 2.30. The first-order valence-corrected chi connectivity index (χ1v) is 5.74. The Labute approximate surface area is 87.3 Å². The average Bonchev–Trinajstić information content (AvgIpc) is 3.01. The summed E-state index contributed by atoms with van der Waals surface area (Å²) in [5, 5.41) is 0. The first kappa shape index (κ1) is 9.76. The minimum Gasteiger partial charge on any atom is -0.0646 e. The van der Waals surface area contributed by atoms with E-state index in [1.54, 1.807) is 11.1 Å². The lowest BCUT2D eigenvalue weighted by Gasteiger charge is -2.26. The standard InChI is InChI=1S/C14H20/c1-4-14(2,3)13-8-6-5-7-12(13)11-9-10-11/h5-8,11H,4,9-10H2,1-3H3. The van der Waals surface area contributed by atoms with Gasteiger partial charge in [-0.1, -0.05) is 45.0 Å². The number of hydrogen-bond donors (Lipinski definition) is 0. The fourth-order valence-electron chi connectivity index (χ4n) is 2.05. The van der Waals surface area contributed by atoms with Crippen LogP contribution in [0.25, 0.3) is 0 Å².